The van der Waals surface area contributed by atoms with Gasteiger partial charge in [0.15, 0.2) is 0 Å². The Morgan fingerprint density at radius 3 is 2.81 bits per heavy atom. The summed E-state index contributed by atoms with van der Waals surface area (Å²) in [5, 5.41) is 12.9. The van der Waals surface area contributed by atoms with Crippen LogP contribution in [0.4, 0.5) is 11.8 Å². The molecule has 0 fully saturated rings. The number of rotatable bonds is 5. The quantitative estimate of drug-likeness (QED) is 0.720. The van der Waals surface area contributed by atoms with Crippen molar-refractivity contribution >= 4 is 27.7 Å². The zero-order valence-electron chi connectivity index (χ0n) is 9.50. The van der Waals surface area contributed by atoms with Crippen molar-refractivity contribution < 1.29 is 5.11 Å². The molecule has 90 valence electrons. The molecule has 1 aromatic rings. The van der Waals surface area contributed by atoms with E-state index in [1.165, 1.54) is 0 Å². The lowest BCUT2D eigenvalue weighted by molar-refractivity contribution is 0.0635. The number of nitrogen functional groups attached to an aromatic ring is 1. The minimum Gasteiger partial charge on any atom is -0.388 e. The Balaban J connectivity index is 2.60. The highest BCUT2D eigenvalue weighted by Gasteiger charge is 2.19. The predicted molar refractivity (Wildman–Crippen MR) is 68.2 cm³/mol. The third-order valence-electron chi connectivity index (χ3n) is 2.13. The number of hydrogen-bond donors (Lipinski definition) is 3. The van der Waals surface area contributed by atoms with E-state index < -0.39 is 5.60 Å². The second-order valence-corrected chi connectivity index (χ2v) is 4.85. The van der Waals surface area contributed by atoms with Crippen LogP contribution in [-0.4, -0.2) is 27.2 Å². The first-order valence-electron chi connectivity index (χ1n) is 5.19. The Bertz CT molecular complexity index is 336. The van der Waals surface area contributed by atoms with E-state index in [0.29, 0.717) is 22.9 Å². The van der Waals surface area contributed by atoms with Crippen molar-refractivity contribution in [2.45, 2.75) is 32.3 Å². The average Bonchev–Trinajstić information content (AvgIpc) is 2.13. The van der Waals surface area contributed by atoms with Gasteiger partial charge in [0.1, 0.15) is 10.4 Å². The first-order chi connectivity index (χ1) is 7.43. The molecule has 0 radical (unpaired) electrons. The number of halogens is 1. The topological polar surface area (TPSA) is 84.1 Å². The van der Waals surface area contributed by atoms with Crippen LogP contribution in [0, 0.1) is 0 Å². The fourth-order valence-corrected chi connectivity index (χ4v) is 1.81. The summed E-state index contributed by atoms with van der Waals surface area (Å²) in [5.41, 5.74) is 4.82. The van der Waals surface area contributed by atoms with Crippen LogP contribution in [0.3, 0.4) is 0 Å². The monoisotopic (exact) mass is 288 g/mol. The number of nitrogens with zero attached hydrogens (tertiary/aromatic N) is 2. The molecule has 6 heteroatoms. The molecule has 16 heavy (non-hydrogen) atoms. The summed E-state index contributed by atoms with van der Waals surface area (Å²) < 4.78 is 0.623. The van der Waals surface area contributed by atoms with Gasteiger partial charge in [-0.05, 0) is 29.3 Å². The molecule has 0 aliphatic carbocycles. The highest BCUT2D eigenvalue weighted by atomic mass is 79.9. The van der Waals surface area contributed by atoms with Crippen LogP contribution in [0.25, 0.3) is 0 Å². The van der Waals surface area contributed by atoms with Crippen molar-refractivity contribution in [3.63, 3.8) is 0 Å². The molecule has 0 aromatic carbocycles. The Morgan fingerprint density at radius 1 is 1.56 bits per heavy atom. The van der Waals surface area contributed by atoms with E-state index in [-0.39, 0.29) is 0 Å². The number of hydrogen-bond acceptors (Lipinski definition) is 5. The maximum Gasteiger partial charge on any atom is 0.225 e. The van der Waals surface area contributed by atoms with Gasteiger partial charge in [-0.25, -0.2) is 4.98 Å². The summed E-state index contributed by atoms with van der Waals surface area (Å²) in [6.07, 6.45) is 1.65. The van der Waals surface area contributed by atoms with Crippen LogP contribution in [0.1, 0.15) is 26.7 Å². The van der Waals surface area contributed by atoms with Gasteiger partial charge in [-0.15, -0.1) is 0 Å². The molecular formula is C10H17BrN4O. The third kappa shape index (κ3) is 4.32. The molecule has 0 amide bonds. The summed E-state index contributed by atoms with van der Waals surface area (Å²) in [4.78, 5) is 8.11. The van der Waals surface area contributed by atoms with E-state index in [1.807, 2.05) is 6.92 Å². The summed E-state index contributed by atoms with van der Waals surface area (Å²) in [6.45, 7) is 4.21. The van der Waals surface area contributed by atoms with Gasteiger partial charge in [0.05, 0.1) is 5.60 Å². The normalized spacial score (nSPS) is 14.5. The number of nitrogens with one attached hydrogen (secondary N) is 1. The minimum absolute atomic E-state index is 0.388. The second-order valence-electron chi connectivity index (χ2n) is 4.04. The summed E-state index contributed by atoms with van der Waals surface area (Å²) in [5.74, 6) is 0.808. The lowest BCUT2D eigenvalue weighted by atomic mass is 10.0. The number of anilines is 2. The zero-order chi connectivity index (χ0) is 12.2. The highest BCUT2D eigenvalue weighted by molar-refractivity contribution is 9.10. The van der Waals surface area contributed by atoms with E-state index >= 15 is 0 Å². The van der Waals surface area contributed by atoms with Gasteiger partial charge < -0.3 is 16.2 Å². The summed E-state index contributed by atoms with van der Waals surface area (Å²) in [7, 11) is 0. The van der Waals surface area contributed by atoms with Crippen LogP contribution < -0.4 is 11.1 Å². The third-order valence-corrected chi connectivity index (χ3v) is 2.54. The second kappa shape index (κ2) is 5.45. The van der Waals surface area contributed by atoms with Crippen molar-refractivity contribution in [2.24, 2.45) is 0 Å². The number of aromatic nitrogens is 2. The van der Waals surface area contributed by atoms with Gasteiger partial charge >= 0.3 is 0 Å². The maximum absolute atomic E-state index is 9.95. The molecule has 1 atom stereocenters. The molecule has 4 N–H and O–H groups in total. The lowest BCUT2D eigenvalue weighted by Gasteiger charge is -2.22. The van der Waals surface area contributed by atoms with Crippen molar-refractivity contribution in [1.29, 1.82) is 0 Å². The fourth-order valence-electron chi connectivity index (χ4n) is 1.41. The zero-order valence-corrected chi connectivity index (χ0v) is 11.1. The number of aliphatic hydroxyl groups is 1. The molecule has 0 bridgehead atoms. The largest absolute Gasteiger partial charge is 0.388 e. The van der Waals surface area contributed by atoms with Crippen LogP contribution >= 0.6 is 15.9 Å². The SMILES string of the molecule is CCCC(C)(O)CNc1nc(N)cc(Br)n1. The molecule has 1 unspecified atom stereocenters. The predicted octanol–water partition coefficient (Wildman–Crippen LogP) is 1.78. The number of nitrogens with two attached hydrogens (primary N) is 1. The molecule has 0 spiro atoms. The van der Waals surface area contributed by atoms with Crippen LogP contribution in [0.5, 0.6) is 0 Å². The van der Waals surface area contributed by atoms with E-state index in [4.69, 9.17) is 5.73 Å². The standard InChI is InChI=1S/C10H17BrN4O/c1-3-4-10(2,16)6-13-9-14-7(11)5-8(12)15-9/h5,16H,3-4,6H2,1-2H3,(H3,12,13,14,15). The van der Waals surface area contributed by atoms with Gasteiger partial charge in [-0.3, -0.25) is 0 Å². The van der Waals surface area contributed by atoms with Crippen molar-refractivity contribution in [3.8, 4) is 0 Å². The Morgan fingerprint density at radius 2 is 2.25 bits per heavy atom. The Hall–Kier alpha value is -0.880. The smallest absolute Gasteiger partial charge is 0.225 e. The molecule has 0 saturated carbocycles. The fraction of sp³-hybridized carbons (Fsp3) is 0.600. The first-order valence-corrected chi connectivity index (χ1v) is 5.98. The molecule has 0 aliphatic rings. The van der Waals surface area contributed by atoms with Gasteiger partial charge in [-0.1, -0.05) is 13.3 Å². The van der Waals surface area contributed by atoms with Gasteiger partial charge in [-0.2, -0.15) is 4.98 Å². The van der Waals surface area contributed by atoms with E-state index in [9.17, 15) is 5.11 Å². The maximum atomic E-state index is 9.95. The van der Waals surface area contributed by atoms with E-state index in [1.54, 1.807) is 13.0 Å². The van der Waals surface area contributed by atoms with Crippen LogP contribution in [-0.2, 0) is 0 Å². The highest BCUT2D eigenvalue weighted by Crippen LogP contribution is 2.15. The summed E-state index contributed by atoms with van der Waals surface area (Å²) in [6, 6.07) is 1.62. The molecular weight excluding hydrogens is 272 g/mol. The van der Waals surface area contributed by atoms with Gasteiger partial charge in [0, 0.05) is 12.6 Å². The van der Waals surface area contributed by atoms with Crippen LogP contribution in [0.2, 0.25) is 0 Å². The van der Waals surface area contributed by atoms with Gasteiger partial charge in [0.2, 0.25) is 5.95 Å². The minimum atomic E-state index is -0.755. The average molecular weight is 289 g/mol. The van der Waals surface area contributed by atoms with E-state index in [2.05, 4.69) is 31.2 Å². The Labute approximate surface area is 104 Å². The van der Waals surface area contributed by atoms with Crippen molar-refractivity contribution in [3.05, 3.63) is 10.7 Å². The first kappa shape index (κ1) is 13.2. The lowest BCUT2D eigenvalue weighted by Crippen LogP contribution is -2.33. The molecule has 0 saturated heterocycles. The van der Waals surface area contributed by atoms with E-state index in [0.717, 1.165) is 12.8 Å². The molecule has 1 aromatic heterocycles. The van der Waals surface area contributed by atoms with Gasteiger partial charge in [0.25, 0.3) is 0 Å². The molecule has 0 aliphatic heterocycles. The molecule has 1 rings (SSSR count). The van der Waals surface area contributed by atoms with Crippen molar-refractivity contribution in [2.75, 3.05) is 17.6 Å². The molecule has 5 nitrogen and oxygen atoms in total. The molecule has 1 heterocycles. The van der Waals surface area contributed by atoms with Crippen LogP contribution in [0.15, 0.2) is 10.7 Å². The summed E-state index contributed by atoms with van der Waals surface area (Å²) >= 11 is 3.23. The van der Waals surface area contributed by atoms with Crippen molar-refractivity contribution in [1.82, 2.24) is 9.97 Å². The Kier molecular flexibility index (Phi) is 4.49.